The van der Waals surface area contributed by atoms with Crippen LogP contribution in [-0.4, -0.2) is 56.2 Å². The van der Waals surface area contributed by atoms with Crippen LogP contribution in [0.4, 0.5) is 0 Å². The molecular formula is C12H22N2O5PS2+. The molecule has 0 bridgehead atoms. The van der Waals surface area contributed by atoms with E-state index in [9.17, 15) is 14.4 Å². The van der Waals surface area contributed by atoms with Gasteiger partial charge in [0.25, 0.3) is 5.90 Å². The van der Waals surface area contributed by atoms with Gasteiger partial charge in [0.2, 0.25) is 18.2 Å². The molecule has 126 valence electrons. The van der Waals surface area contributed by atoms with Gasteiger partial charge >= 0.3 is 5.97 Å². The minimum absolute atomic E-state index is 0.109. The Kier molecular flexibility index (Phi) is 13.4. The van der Waals surface area contributed by atoms with Crippen LogP contribution in [0.3, 0.4) is 0 Å². The Balaban J connectivity index is 3.64. The molecule has 0 aliphatic carbocycles. The fraction of sp³-hybridized carbons (Fsp3) is 0.750. The molecule has 0 spiro atoms. The third-order valence-electron chi connectivity index (χ3n) is 2.15. The second-order valence-corrected chi connectivity index (χ2v) is 9.49. The van der Waals surface area contributed by atoms with E-state index < -0.39 is 11.9 Å². The van der Waals surface area contributed by atoms with Crippen LogP contribution in [0.1, 0.15) is 20.3 Å². The summed E-state index contributed by atoms with van der Waals surface area (Å²) in [5, 5.41) is 5.04. The van der Waals surface area contributed by atoms with Crippen molar-refractivity contribution in [3.05, 3.63) is 0 Å². The first-order valence-electron chi connectivity index (χ1n) is 6.83. The Morgan fingerprint density at radius 3 is 2.50 bits per heavy atom. The average molecular weight is 369 g/mol. The van der Waals surface area contributed by atoms with Gasteiger partial charge in [0, 0.05) is 19.6 Å². The molecule has 10 heteroatoms. The molecule has 0 fully saturated rings. The molecule has 0 aromatic heterocycles. The van der Waals surface area contributed by atoms with Crippen LogP contribution in [0.5, 0.6) is 0 Å². The lowest BCUT2D eigenvalue weighted by molar-refractivity contribution is -0.143. The number of carbonyl (C=O) groups excluding carboxylic acids is 3. The fourth-order valence-corrected chi connectivity index (χ4v) is 3.87. The van der Waals surface area contributed by atoms with Gasteiger partial charge in [-0.05, 0) is 13.8 Å². The van der Waals surface area contributed by atoms with Crippen molar-refractivity contribution in [2.24, 2.45) is 0 Å². The molecule has 0 heterocycles. The minimum Gasteiger partial charge on any atom is -0.465 e. The molecule has 0 aliphatic rings. The normalized spacial score (nSPS) is 10.7. The summed E-state index contributed by atoms with van der Waals surface area (Å²) < 4.78 is 9.86. The summed E-state index contributed by atoms with van der Waals surface area (Å²) in [6.07, 6.45) is 0.604. The first kappa shape index (κ1) is 21.2. The highest BCUT2D eigenvalue weighted by atomic mass is 32.9. The lowest BCUT2D eigenvalue weighted by Crippen LogP contribution is -2.34. The molecule has 0 rings (SSSR count). The molecule has 2 N–H and O–H groups in total. The Morgan fingerprint density at radius 2 is 1.86 bits per heavy atom. The van der Waals surface area contributed by atoms with E-state index in [2.05, 4.69) is 15.4 Å². The molecule has 2 amide bonds. The maximum Gasteiger partial charge on any atom is 0.325 e. The number of ether oxygens (including phenoxy) is 2. The zero-order chi connectivity index (χ0) is 16.8. The summed E-state index contributed by atoms with van der Waals surface area (Å²) in [5.41, 5.74) is 0. The zero-order valence-electron chi connectivity index (χ0n) is 12.8. The van der Waals surface area contributed by atoms with Crippen LogP contribution in [0, 0.1) is 0 Å². The quantitative estimate of drug-likeness (QED) is 0.387. The SMILES string of the molecule is CCOC[P+](=S)SCC(=O)NCCC(=O)NCC(=O)OCC. The van der Waals surface area contributed by atoms with Gasteiger partial charge in [0.1, 0.15) is 23.7 Å². The summed E-state index contributed by atoms with van der Waals surface area (Å²) >= 11 is 6.55. The van der Waals surface area contributed by atoms with Crippen molar-refractivity contribution in [3.63, 3.8) is 0 Å². The molecule has 22 heavy (non-hydrogen) atoms. The number of amides is 2. The maximum atomic E-state index is 11.5. The van der Waals surface area contributed by atoms with Crippen LogP contribution in [0.25, 0.3) is 0 Å². The molecule has 0 saturated carbocycles. The molecule has 0 aromatic rings. The Hall–Kier alpha value is -0.760. The van der Waals surface area contributed by atoms with Crippen molar-refractivity contribution < 1.29 is 23.9 Å². The molecule has 0 aromatic carbocycles. The van der Waals surface area contributed by atoms with E-state index in [0.717, 1.165) is 0 Å². The molecule has 0 saturated heterocycles. The number of rotatable bonds is 12. The second kappa shape index (κ2) is 13.9. The number of esters is 1. The number of nitrogens with one attached hydrogen (secondary N) is 2. The van der Waals surface area contributed by atoms with E-state index in [1.165, 1.54) is 11.4 Å². The smallest absolute Gasteiger partial charge is 0.325 e. The lowest BCUT2D eigenvalue weighted by Gasteiger charge is -2.05. The summed E-state index contributed by atoms with van der Waals surface area (Å²) in [6, 6.07) is 0. The van der Waals surface area contributed by atoms with E-state index >= 15 is 0 Å². The van der Waals surface area contributed by atoms with Gasteiger partial charge in [-0.2, -0.15) is 0 Å². The average Bonchev–Trinajstić information content (AvgIpc) is 2.49. The van der Waals surface area contributed by atoms with Crippen LogP contribution in [0.15, 0.2) is 0 Å². The first-order chi connectivity index (χ1) is 10.5. The highest BCUT2D eigenvalue weighted by molar-refractivity contribution is 8.64. The van der Waals surface area contributed by atoms with Gasteiger partial charge < -0.3 is 20.1 Å². The predicted molar refractivity (Wildman–Crippen MR) is 90.5 cm³/mol. The van der Waals surface area contributed by atoms with Crippen molar-refractivity contribution in [1.82, 2.24) is 10.6 Å². The molecule has 1 atom stereocenters. The Labute approximate surface area is 140 Å². The zero-order valence-corrected chi connectivity index (χ0v) is 15.3. The maximum absolute atomic E-state index is 11.5. The standard InChI is InChI=1S/C12H21N2O5PS2/c1-3-18-9-20(21)22-8-11(16)13-6-5-10(15)14-7-12(17)19-4-2/h3-9H2,1-2H3,(H-,13,14,15,16)/p+1. The van der Waals surface area contributed by atoms with E-state index in [-0.39, 0.29) is 43.7 Å². The van der Waals surface area contributed by atoms with Crippen molar-refractivity contribution in [3.8, 4) is 0 Å². The summed E-state index contributed by atoms with van der Waals surface area (Å²) in [6.45, 7) is 4.53. The highest BCUT2D eigenvalue weighted by Gasteiger charge is 2.15. The number of hydrogen-bond donors (Lipinski definition) is 2. The minimum atomic E-state index is -0.777. The summed E-state index contributed by atoms with van der Waals surface area (Å²) in [5.74, 6) is -1.49. The largest absolute Gasteiger partial charge is 0.465 e. The van der Waals surface area contributed by atoms with Gasteiger partial charge in [-0.15, -0.1) is 0 Å². The van der Waals surface area contributed by atoms with Crippen molar-refractivity contribution >= 4 is 46.9 Å². The van der Waals surface area contributed by atoms with Crippen LogP contribution in [0.2, 0.25) is 0 Å². The van der Waals surface area contributed by atoms with Gasteiger partial charge in [-0.1, -0.05) is 0 Å². The molecule has 0 radical (unpaired) electrons. The number of hydrogen-bond acceptors (Lipinski definition) is 7. The summed E-state index contributed by atoms with van der Waals surface area (Å²) in [7, 11) is 0. The first-order valence-corrected chi connectivity index (χ1v) is 11.0. The molecule has 7 nitrogen and oxygen atoms in total. The van der Waals surface area contributed by atoms with Gasteiger partial charge in [-0.3, -0.25) is 14.4 Å². The van der Waals surface area contributed by atoms with Crippen molar-refractivity contribution in [2.75, 3.05) is 38.4 Å². The van der Waals surface area contributed by atoms with Crippen LogP contribution >= 0.6 is 17.3 Å². The third-order valence-corrected chi connectivity index (χ3v) is 6.05. The van der Waals surface area contributed by atoms with E-state index in [1.54, 1.807) is 6.92 Å². The van der Waals surface area contributed by atoms with Crippen molar-refractivity contribution in [2.45, 2.75) is 20.3 Å². The van der Waals surface area contributed by atoms with Crippen molar-refractivity contribution in [1.29, 1.82) is 0 Å². The van der Waals surface area contributed by atoms with Gasteiger partial charge in [-0.25, -0.2) is 0 Å². The fourth-order valence-electron chi connectivity index (χ4n) is 1.17. The predicted octanol–water partition coefficient (Wildman–Crippen LogP) is 0.758. The van der Waals surface area contributed by atoms with E-state index in [4.69, 9.17) is 16.5 Å². The van der Waals surface area contributed by atoms with Gasteiger partial charge in [0.05, 0.1) is 6.61 Å². The monoisotopic (exact) mass is 369 g/mol. The molecular weight excluding hydrogens is 347 g/mol. The Morgan fingerprint density at radius 1 is 1.14 bits per heavy atom. The van der Waals surface area contributed by atoms with E-state index in [1.807, 2.05) is 6.92 Å². The number of carbonyl (C=O) groups is 3. The lowest BCUT2D eigenvalue weighted by atomic mass is 10.4. The molecule has 0 aliphatic heterocycles. The highest BCUT2D eigenvalue weighted by Crippen LogP contribution is 2.37. The van der Waals surface area contributed by atoms with Gasteiger partial charge in [0.15, 0.2) is 11.8 Å². The van der Waals surface area contributed by atoms with E-state index in [0.29, 0.717) is 13.0 Å². The third kappa shape index (κ3) is 12.9. The van der Waals surface area contributed by atoms with Crippen LogP contribution < -0.4 is 10.6 Å². The van der Waals surface area contributed by atoms with Crippen LogP contribution in [-0.2, 0) is 35.7 Å². The second-order valence-electron chi connectivity index (χ2n) is 3.91. The topological polar surface area (TPSA) is 93.7 Å². The molecule has 1 unspecified atom stereocenters. The summed E-state index contributed by atoms with van der Waals surface area (Å²) in [4.78, 5) is 34.0. The Bertz CT molecular complexity index is 396.